The molecule has 3 aliphatic heterocycles. The summed E-state index contributed by atoms with van der Waals surface area (Å²) >= 11 is 0. The summed E-state index contributed by atoms with van der Waals surface area (Å²) in [5.41, 5.74) is -4.49. The highest BCUT2D eigenvalue weighted by atomic mass is 16.7. The van der Waals surface area contributed by atoms with Gasteiger partial charge in [-0.25, -0.2) is 0 Å². The Kier molecular flexibility index (Phi) is 18.8. The molecular weight excluding hydrogens is 760 g/mol. The molecule has 340 valence electrons. The minimum Gasteiger partial charge on any atom is -0.459 e. The zero-order chi connectivity index (χ0) is 43.9. The van der Waals surface area contributed by atoms with Gasteiger partial charge in [-0.3, -0.25) is 4.79 Å². The molecule has 5 N–H and O–H groups in total. The zero-order valence-electron chi connectivity index (χ0n) is 37.3. The van der Waals surface area contributed by atoms with Gasteiger partial charge in [-0.05, 0) is 74.9 Å². The van der Waals surface area contributed by atoms with Gasteiger partial charge in [-0.2, -0.15) is 0 Å². The molecular formula is C41H76N2O15. The number of ether oxygens (including phenoxy) is 8. The maximum atomic E-state index is 14.3. The van der Waals surface area contributed by atoms with E-state index in [9.17, 15) is 30.3 Å². The van der Waals surface area contributed by atoms with Crippen molar-refractivity contribution in [3.05, 3.63) is 0 Å². The molecule has 17 nitrogen and oxygen atoms in total. The van der Waals surface area contributed by atoms with Crippen LogP contribution in [0.3, 0.4) is 0 Å². The lowest BCUT2D eigenvalue weighted by atomic mass is 9.73. The van der Waals surface area contributed by atoms with Crippen LogP contribution in [0.25, 0.3) is 0 Å². The summed E-state index contributed by atoms with van der Waals surface area (Å²) in [6.45, 7) is 17.3. The Morgan fingerprint density at radius 2 is 1.55 bits per heavy atom. The number of rotatable bonds is 13. The van der Waals surface area contributed by atoms with E-state index >= 15 is 0 Å². The number of oxime groups is 1. The molecule has 3 saturated heterocycles. The molecule has 0 aliphatic carbocycles. The maximum absolute atomic E-state index is 14.3. The predicted molar refractivity (Wildman–Crippen MR) is 212 cm³/mol. The molecule has 0 amide bonds. The van der Waals surface area contributed by atoms with E-state index in [1.54, 1.807) is 55.6 Å². The van der Waals surface area contributed by atoms with Crippen LogP contribution in [0, 0.1) is 23.7 Å². The smallest absolute Gasteiger partial charge is 0.311 e. The fraction of sp³-hybridized carbons (Fsp3) is 0.951. The number of hydrogen-bond donors (Lipinski definition) is 5. The van der Waals surface area contributed by atoms with Gasteiger partial charge in [0, 0.05) is 44.4 Å². The summed E-state index contributed by atoms with van der Waals surface area (Å²) in [5.74, 6) is -4.14. The number of aliphatic hydroxyl groups is 5. The monoisotopic (exact) mass is 837 g/mol. The quantitative estimate of drug-likeness (QED) is 0.0778. The minimum absolute atomic E-state index is 0.0307. The van der Waals surface area contributed by atoms with Gasteiger partial charge < -0.3 is 73.2 Å². The van der Waals surface area contributed by atoms with E-state index in [2.05, 4.69) is 5.16 Å². The molecule has 18 atom stereocenters. The first-order valence-corrected chi connectivity index (χ1v) is 20.8. The van der Waals surface area contributed by atoms with Gasteiger partial charge in [0.2, 0.25) is 6.79 Å². The van der Waals surface area contributed by atoms with Gasteiger partial charge in [0.1, 0.15) is 23.9 Å². The molecule has 3 aliphatic rings. The zero-order valence-corrected chi connectivity index (χ0v) is 37.3. The van der Waals surface area contributed by atoms with E-state index in [-0.39, 0.29) is 44.8 Å². The third-order valence-corrected chi connectivity index (χ3v) is 12.6. The first-order valence-electron chi connectivity index (χ1n) is 20.8. The summed E-state index contributed by atoms with van der Waals surface area (Å²) in [6.07, 6.45) is -9.49. The lowest BCUT2D eigenvalue weighted by Crippen LogP contribution is -2.61. The molecule has 17 heteroatoms. The van der Waals surface area contributed by atoms with Crippen molar-refractivity contribution in [3.8, 4) is 0 Å². The van der Waals surface area contributed by atoms with E-state index in [1.165, 1.54) is 14.0 Å². The first kappa shape index (κ1) is 50.8. The average molecular weight is 837 g/mol. The van der Waals surface area contributed by atoms with Gasteiger partial charge in [0.25, 0.3) is 0 Å². The van der Waals surface area contributed by atoms with Crippen molar-refractivity contribution in [2.45, 2.75) is 179 Å². The second-order valence-electron chi connectivity index (χ2n) is 17.7. The molecule has 0 aromatic rings. The number of cyclic esters (lactones) is 1. The van der Waals surface area contributed by atoms with E-state index in [4.69, 9.17) is 42.7 Å². The molecule has 3 heterocycles. The molecule has 0 bridgehead atoms. The molecule has 0 saturated carbocycles. The number of carbonyl (C=O) groups excluding carboxylic acids is 1. The first-order chi connectivity index (χ1) is 27.0. The third kappa shape index (κ3) is 12.1. The van der Waals surface area contributed by atoms with Crippen LogP contribution in [0.5, 0.6) is 0 Å². The largest absolute Gasteiger partial charge is 0.459 e. The lowest BCUT2D eigenvalue weighted by Gasteiger charge is -2.49. The lowest BCUT2D eigenvalue weighted by molar-refractivity contribution is -0.317. The minimum atomic E-state index is -1.97. The van der Waals surface area contributed by atoms with E-state index < -0.39 is 102 Å². The number of carbonyl (C=O) groups is 1. The van der Waals surface area contributed by atoms with E-state index in [0.717, 1.165) is 0 Å². The van der Waals surface area contributed by atoms with Crippen molar-refractivity contribution in [2.24, 2.45) is 28.8 Å². The van der Waals surface area contributed by atoms with Gasteiger partial charge >= 0.3 is 5.97 Å². The Morgan fingerprint density at radius 3 is 2.14 bits per heavy atom. The van der Waals surface area contributed by atoms with Gasteiger partial charge in [0.15, 0.2) is 12.6 Å². The third-order valence-electron chi connectivity index (χ3n) is 12.6. The van der Waals surface area contributed by atoms with Crippen LogP contribution in [-0.2, 0) is 47.5 Å². The summed E-state index contributed by atoms with van der Waals surface area (Å²) in [7, 11) is 6.76. The van der Waals surface area contributed by atoms with Crippen molar-refractivity contribution in [3.63, 3.8) is 0 Å². The molecule has 0 aromatic carbocycles. The van der Waals surface area contributed by atoms with Gasteiger partial charge in [-0.15, -0.1) is 0 Å². The van der Waals surface area contributed by atoms with Crippen LogP contribution < -0.4 is 0 Å². The Balaban J connectivity index is 2.22. The number of esters is 1. The van der Waals surface area contributed by atoms with Crippen molar-refractivity contribution >= 4 is 11.7 Å². The summed E-state index contributed by atoms with van der Waals surface area (Å²) in [6, 6.07) is -0.328. The van der Waals surface area contributed by atoms with Crippen LogP contribution in [-0.4, -0.2) is 175 Å². The molecule has 3 rings (SSSR count). The highest BCUT2D eigenvalue weighted by Gasteiger charge is 2.53. The Bertz CT molecular complexity index is 1300. The molecule has 14 unspecified atom stereocenters. The molecule has 3 fully saturated rings. The number of likely N-dealkylation sites (N-methyl/N-ethyl adjacent to an activating group) is 1. The second kappa shape index (κ2) is 21.5. The van der Waals surface area contributed by atoms with Crippen LogP contribution in [0.4, 0.5) is 0 Å². The van der Waals surface area contributed by atoms with Crippen LogP contribution in [0.2, 0.25) is 0 Å². The SMILES string of the molecule is CCC1OC(=O)C(C)C(OC2C[C@@](C)(OC)C(O)C(C)O2)C(C)C(O[C@@H]2OC(C)CC(N(C)C)C2O)[C@](C)(O)CC(C)C(=NOCOCCOC)C(C)C(O)[C@]1(C)O. The van der Waals surface area contributed by atoms with Crippen molar-refractivity contribution in [1.82, 2.24) is 4.90 Å². The Morgan fingerprint density at radius 1 is 0.897 bits per heavy atom. The van der Waals surface area contributed by atoms with Crippen molar-refractivity contribution < 1.29 is 73.1 Å². The average Bonchev–Trinajstić information content (AvgIpc) is 3.15. The summed E-state index contributed by atoms with van der Waals surface area (Å²) < 4.78 is 48.1. The Hall–Kier alpha value is -1.58. The van der Waals surface area contributed by atoms with E-state index in [1.807, 2.05) is 32.8 Å². The standard InChI is InChI=1S/C41H76N2O15/c1-15-29-41(10,49)34(45)24(4)31(42-53-21-52-17-16-50-13)22(2)19-39(8,48)36(58-38-32(44)28(43(11)12)18-23(3)54-38)25(5)33(26(6)37(47)56-29)57-30-20-40(9,51-14)35(46)27(7)55-30/h22-30,32-36,38,44-46,48-49H,15-21H2,1-14H3/t22?,23?,24?,25?,26?,27?,28?,29?,30?,32?,33?,34?,35?,36?,38-,39+,40+,41+/m0/s1. The normalized spacial score (nSPS) is 45.8. The Labute approximate surface area is 345 Å². The maximum Gasteiger partial charge on any atom is 0.311 e. The number of aliphatic hydroxyl groups excluding tert-OH is 3. The van der Waals surface area contributed by atoms with Gasteiger partial charge in [-0.1, -0.05) is 32.9 Å². The van der Waals surface area contributed by atoms with Crippen LogP contribution in [0.15, 0.2) is 5.16 Å². The fourth-order valence-corrected chi connectivity index (χ4v) is 8.93. The van der Waals surface area contributed by atoms with E-state index in [0.29, 0.717) is 18.7 Å². The molecule has 58 heavy (non-hydrogen) atoms. The number of nitrogens with zero attached hydrogens (tertiary/aromatic N) is 2. The molecule has 0 spiro atoms. The number of methoxy groups -OCH3 is 2. The summed E-state index contributed by atoms with van der Waals surface area (Å²) in [4.78, 5) is 21.8. The second-order valence-corrected chi connectivity index (χ2v) is 17.7. The molecule has 0 aromatic heterocycles. The van der Waals surface area contributed by atoms with Crippen LogP contribution >= 0.6 is 0 Å². The van der Waals surface area contributed by atoms with Crippen LogP contribution in [0.1, 0.15) is 94.9 Å². The molecule has 0 radical (unpaired) electrons. The van der Waals surface area contributed by atoms with Crippen molar-refractivity contribution in [2.75, 3.05) is 48.3 Å². The number of hydrogen-bond acceptors (Lipinski definition) is 17. The topological polar surface area (TPSA) is 217 Å². The fourth-order valence-electron chi connectivity index (χ4n) is 8.93. The predicted octanol–water partition coefficient (Wildman–Crippen LogP) is 2.21. The highest BCUT2D eigenvalue weighted by Crippen LogP contribution is 2.41. The van der Waals surface area contributed by atoms with Gasteiger partial charge in [0.05, 0.1) is 66.6 Å². The summed E-state index contributed by atoms with van der Waals surface area (Å²) in [5, 5.41) is 63.6. The van der Waals surface area contributed by atoms with Crippen molar-refractivity contribution in [1.29, 1.82) is 0 Å². The highest BCUT2D eigenvalue weighted by molar-refractivity contribution is 5.88.